The van der Waals surface area contributed by atoms with Crippen molar-refractivity contribution in [1.29, 1.82) is 5.26 Å². The molecule has 0 spiro atoms. The van der Waals surface area contributed by atoms with Gasteiger partial charge in [0.2, 0.25) is 0 Å². The number of nitrogens with one attached hydrogen (secondary N) is 1. The molecule has 0 aliphatic rings. The van der Waals surface area contributed by atoms with Gasteiger partial charge in [0.25, 0.3) is 10.0 Å². The SMILES string of the molecule is N#Cc1ccc(S(=O)(=O)N[C@H](Cc2ccc(N(CCCl)CCCl)cc2)C(=O)O)nc1. The van der Waals surface area contributed by atoms with Crippen LogP contribution in [0, 0.1) is 11.3 Å². The normalized spacial score (nSPS) is 12.2. The summed E-state index contributed by atoms with van der Waals surface area (Å²) in [5, 5.41) is 17.9. The van der Waals surface area contributed by atoms with E-state index in [2.05, 4.69) is 9.71 Å². The van der Waals surface area contributed by atoms with Crippen molar-refractivity contribution >= 4 is 44.9 Å². The monoisotopic (exact) mass is 470 g/mol. The minimum atomic E-state index is -4.17. The number of carboxylic acids is 1. The number of aromatic nitrogens is 1. The number of nitrogens with zero attached hydrogens (tertiary/aromatic N) is 3. The van der Waals surface area contributed by atoms with E-state index in [-0.39, 0.29) is 17.0 Å². The lowest BCUT2D eigenvalue weighted by Gasteiger charge is -2.23. The molecule has 1 aromatic carbocycles. The third kappa shape index (κ3) is 6.57. The van der Waals surface area contributed by atoms with Crippen molar-refractivity contribution in [2.24, 2.45) is 0 Å². The van der Waals surface area contributed by atoms with Gasteiger partial charge in [-0.2, -0.15) is 9.98 Å². The molecule has 11 heteroatoms. The number of anilines is 1. The van der Waals surface area contributed by atoms with Crippen LogP contribution in [0.5, 0.6) is 0 Å². The van der Waals surface area contributed by atoms with Crippen LogP contribution >= 0.6 is 23.2 Å². The van der Waals surface area contributed by atoms with Gasteiger partial charge in [-0.3, -0.25) is 4.79 Å². The molecule has 2 rings (SSSR count). The van der Waals surface area contributed by atoms with Crippen molar-refractivity contribution in [2.75, 3.05) is 29.7 Å². The topological polar surface area (TPSA) is 123 Å². The standard InChI is InChI=1S/C19H20Cl2N4O4S/c20-7-9-25(10-8-21)16-4-1-14(2-5-16)11-17(19(26)27)24-30(28,29)18-6-3-15(12-22)13-23-18/h1-6,13,17,24H,7-11H2,(H,26,27)/t17-/m1/s1. The Kier molecular flexibility index (Phi) is 8.87. The Morgan fingerprint density at radius 3 is 2.27 bits per heavy atom. The number of rotatable bonds is 11. The lowest BCUT2D eigenvalue weighted by molar-refractivity contribution is -0.138. The highest BCUT2D eigenvalue weighted by Crippen LogP contribution is 2.17. The maximum atomic E-state index is 12.5. The number of sulfonamides is 1. The second-order valence-corrected chi connectivity index (χ2v) is 8.66. The summed E-state index contributed by atoms with van der Waals surface area (Å²) in [7, 11) is -4.17. The smallest absolute Gasteiger partial charge is 0.322 e. The first-order valence-corrected chi connectivity index (χ1v) is 11.4. The van der Waals surface area contributed by atoms with Crippen molar-refractivity contribution in [3.8, 4) is 6.07 Å². The fourth-order valence-electron chi connectivity index (χ4n) is 2.69. The first-order valence-electron chi connectivity index (χ1n) is 8.88. The predicted molar refractivity (Wildman–Crippen MR) is 114 cm³/mol. The number of carboxylic acid groups (broad SMARTS) is 1. The molecule has 0 aliphatic carbocycles. The highest BCUT2D eigenvalue weighted by atomic mass is 35.5. The van der Waals surface area contributed by atoms with Gasteiger partial charge in [0.1, 0.15) is 12.1 Å². The van der Waals surface area contributed by atoms with Crippen LogP contribution in [-0.2, 0) is 21.2 Å². The number of nitriles is 1. The van der Waals surface area contributed by atoms with Crippen molar-refractivity contribution < 1.29 is 18.3 Å². The number of benzene rings is 1. The summed E-state index contributed by atoms with van der Waals surface area (Å²) in [5.74, 6) is -0.447. The van der Waals surface area contributed by atoms with E-state index in [0.717, 1.165) is 18.0 Å². The highest BCUT2D eigenvalue weighted by Gasteiger charge is 2.26. The number of alkyl halides is 2. The van der Waals surface area contributed by atoms with Crippen molar-refractivity contribution in [2.45, 2.75) is 17.5 Å². The van der Waals surface area contributed by atoms with E-state index in [0.29, 0.717) is 30.4 Å². The molecule has 0 radical (unpaired) electrons. The summed E-state index contributed by atoms with van der Waals surface area (Å²) in [6.07, 6.45) is 1.05. The molecule has 1 heterocycles. The van der Waals surface area contributed by atoms with Crippen LogP contribution < -0.4 is 9.62 Å². The summed E-state index contributed by atoms with van der Waals surface area (Å²) < 4.78 is 27.1. The lowest BCUT2D eigenvalue weighted by Crippen LogP contribution is -2.42. The summed E-state index contributed by atoms with van der Waals surface area (Å²) in [6, 6.07) is 9.97. The van der Waals surface area contributed by atoms with Crippen LogP contribution in [0.25, 0.3) is 0 Å². The first kappa shape index (κ1) is 23.9. The van der Waals surface area contributed by atoms with Crippen LogP contribution in [-0.4, -0.2) is 55.4 Å². The maximum Gasteiger partial charge on any atom is 0.322 e. The van der Waals surface area contributed by atoms with Crippen LogP contribution in [0.3, 0.4) is 0 Å². The van der Waals surface area contributed by atoms with Gasteiger partial charge in [-0.1, -0.05) is 12.1 Å². The van der Waals surface area contributed by atoms with E-state index in [9.17, 15) is 18.3 Å². The van der Waals surface area contributed by atoms with E-state index in [1.54, 1.807) is 12.1 Å². The molecular formula is C19H20Cl2N4O4S. The van der Waals surface area contributed by atoms with E-state index in [4.69, 9.17) is 28.5 Å². The molecular weight excluding hydrogens is 451 g/mol. The Morgan fingerprint density at radius 2 is 1.80 bits per heavy atom. The zero-order valence-electron chi connectivity index (χ0n) is 15.8. The predicted octanol–water partition coefficient (Wildman–Crippen LogP) is 2.21. The first-order chi connectivity index (χ1) is 14.3. The van der Waals surface area contributed by atoms with Crippen LogP contribution in [0.15, 0.2) is 47.6 Å². The largest absolute Gasteiger partial charge is 0.480 e. The van der Waals surface area contributed by atoms with E-state index < -0.39 is 22.0 Å². The summed E-state index contributed by atoms with van der Waals surface area (Å²) >= 11 is 11.6. The van der Waals surface area contributed by atoms with Crippen LogP contribution in [0.4, 0.5) is 5.69 Å². The van der Waals surface area contributed by atoms with Crippen LogP contribution in [0.1, 0.15) is 11.1 Å². The Hall–Kier alpha value is -2.38. The zero-order chi connectivity index (χ0) is 22.1. The summed E-state index contributed by atoms with van der Waals surface area (Å²) in [6.45, 7) is 1.23. The third-order valence-corrected chi connectivity index (χ3v) is 5.91. The second kappa shape index (κ2) is 11.1. The molecule has 0 saturated carbocycles. The number of carbonyl (C=O) groups is 1. The molecule has 0 bridgehead atoms. The number of aliphatic carboxylic acids is 1. The molecule has 160 valence electrons. The maximum absolute atomic E-state index is 12.5. The molecule has 30 heavy (non-hydrogen) atoms. The molecule has 0 aliphatic heterocycles. The number of halogens is 2. The fourth-order valence-corrected chi connectivity index (χ4v) is 4.21. The molecule has 1 atom stereocenters. The summed E-state index contributed by atoms with van der Waals surface area (Å²) in [5.41, 5.74) is 1.72. The lowest BCUT2D eigenvalue weighted by atomic mass is 10.1. The molecule has 2 N–H and O–H groups in total. The van der Waals surface area contributed by atoms with Gasteiger partial charge in [0.05, 0.1) is 5.56 Å². The molecule has 0 amide bonds. The third-order valence-electron chi connectivity index (χ3n) is 4.19. The Balaban J connectivity index is 2.15. The zero-order valence-corrected chi connectivity index (χ0v) is 18.2. The van der Waals surface area contributed by atoms with Gasteiger partial charge >= 0.3 is 5.97 Å². The van der Waals surface area contributed by atoms with E-state index in [1.165, 1.54) is 6.07 Å². The number of hydrogen-bond donors (Lipinski definition) is 2. The fraction of sp³-hybridized carbons (Fsp3) is 0.316. The average Bonchev–Trinajstić information content (AvgIpc) is 2.73. The van der Waals surface area contributed by atoms with E-state index >= 15 is 0 Å². The molecule has 8 nitrogen and oxygen atoms in total. The van der Waals surface area contributed by atoms with Crippen molar-refractivity contribution in [3.63, 3.8) is 0 Å². The van der Waals surface area contributed by atoms with Crippen molar-refractivity contribution in [1.82, 2.24) is 9.71 Å². The molecule has 1 aromatic heterocycles. The number of pyridine rings is 1. The minimum Gasteiger partial charge on any atom is -0.480 e. The van der Waals surface area contributed by atoms with Gasteiger partial charge in [-0.25, -0.2) is 13.4 Å². The van der Waals surface area contributed by atoms with Gasteiger partial charge in [-0.15, -0.1) is 23.2 Å². The number of hydrogen-bond acceptors (Lipinski definition) is 6. The second-order valence-electron chi connectivity index (χ2n) is 6.24. The summed E-state index contributed by atoms with van der Waals surface area (Å²) in [4.78, 5) is 17.3. The quantitative estimate of drug-likeness (QED) is 0.482. The molecule has 0 saturated heterocycles. The Bertz CT molecular complexity index is 987. The highest BCUT2D eigenvalue weighted by molar-refractivity contribution is 7.89. The molecule has 2 aromatic rings. The Morgan fingerprint density at radius 1 is 1.17 bits per heavy atom. The molecule has 0 fully saturated rings. The molecule has 0 unspecified atom stereocenters. The van der Waals surface area contributed by atoms with Crippen molar-refractivity contribution in [3.05, 3.63) is 53.7 Å². The minimum absolute atomic E-state index is 0.0594. The van der Waals surface area contributed by atoms with Gasteiger partial charge in [0.15, 0.2) is 5.03 Å². The Labute approximate surface area is 185 Å². The average molecular weight is 471 g/mol. The van der Waals surface area contributed by atoms with E-state index in [1.807, 2.05) is 23.1 Å². The van der Waals surface area contributed by atoms with Gasteiger partial charge in [-0.05, 0) is 36.2 Å². The van der Waals surface area contributed by atoms with Gasteiger partial charge < -0.3 is 10.0 Å². The van der Waals surface area contributed by atoms with Gasteiger partial charge in [0, 0.05) is 36.7 Å². The van der Waals surface area contributed by atoms with Crippen LogP contribution in [0.2, 0.25) is 0 Å².